The summed E-state index contributed by atoms with van der Waals surface area (Å²) in [6.07, 6.45) is 0.532. The third-order valence-electron chi connectivity index (χ3n) is 3.62. The molecule has 0 bridgehead atoms. The highest BCUT2D eigenvalue weighted by Gasteiger charge is 2.16. The molecule has 1 atom stereocenters. The Morgan fingerprint density at radius 3 is 2.62 bits per heavy atom. The van der Waals surface area contributed by atoms with Crippen LogP contribution in [0.1, 0.15) is 22.0 Å². The van der Waals surface area contributed by atoms with E-state index in [1.54, 1.807) is 25.2 Å². The third-order valence-corrected chi connectivity index (χ3v) is 3.62. The second kappa shape index (κ2) is 7.65. The standard InChI is InChI=1S/C17H20N2O5/c1-19-7-6-11(8-16(19)21)17(22)18-10-14(20)13-9-12(23-2)4-5-15(13)24-3/h4-9,14,20H,10H2,1-3H3,(H,18,22). The SMILES string of the molecule is COc1ccc(OC)c(C(O)CNC(=O)c2ccn(C)c(=O)c2)c1. The van der Waals surface area contributed by atoms with E-state index >= 15 is 0 Å². The molecule has 0 spiro atoms. The number of rotatable bonds is 6. The van der Waals surface area contributed by atoms with Gasteiger partial charge in [-0.25, -0.2) is 0 Å². The van der Waals surface area contributed by atoms with Gasteiger partial charge in [-0.1, -0.05) is 0 Å². The van der Waals surface area contributed by atoms with Gasteiger partial charge < -0.3 is 24.5 Å². The van der Waals surface area contributed by atoms with Crippen molar-refractivity contribution in [1.29, 1.82) is 0 Å². The summed E-state index contributed by atoms with van der Waals surface area (Å²) in [5, 5.41) is 12.9. The molecule has 0 saturated carbocycles. The number of benzene rings is 1. The van der Waals surface area contributed by atoms with Crippen LogP contribution in [0.25, 0.3) is 0 Å². The van der Waals surface area contributed by atoms with E-state index in [-0.39, 0.29) is 17.7 Å². The highest BCUT2D eigenvalue weighted by molar-refractivity contribution is 5.93. The molecule has 1 aromatic heterocycles. The molecule has 2 N–H and O–H groups in total. The van der Waals surface area contributed by atoms with Crippen molar-refractivity contribution in [2.24, 2.45) is 7.05 Å². The van der Waals surface area contributed by atoms with E-state index < -0.39 is 12.0 Å². The number of aliphatic hydroxyl groups is 1. The zero-order valence-electron chi connectivity index (χ0n) is 13.8. The summed E-state index contributed by atoms with van der Waals surface area (Å²) in [5.41, 5.74) is 0.460. The Kier molecular flexibility index (Phi) is 5.59. The second-order valence-electron chi connectivity index (χ2n) is 5.20. The number of pyridine rings is 1. The molecule has 0 aliphatic heterocycles. The van der Waals surface area contributed by atoms with Crippen molar-refractivity contribution in [1.82, 2.24) is 9.88 Å². The minimum atomic E-state index is -0.981. The molecule has 1 heterocycles. The first-order chi connectivity index (χ1) is 11.5. The number of carbonyl (C=O) groups is 1. The molecule has 0 radical (unpaired) electrons. The number of aryl methyl sites for hydroxylation is 1. The number of aromatic nitrogens is 1. The summed E-state index contributed by atoms with van der Waals surface area (Å²) >= 11 is 0. The monoisotopic (exact) mass is 332 g/mol. The van der Waals surface area contributed by atoms with E-state index in [2.05, 4.69) is 5.32 Å². The van der Waals surface area contributed by atoms with Crippen LogP contribution in [0.4, 0.5) is 0 Å². The number of aliphatic hydroxyl groups excluding tert-OH is 1. The smallest absolute Gasteiger partial charge is 0.251 e. The van der Waals surface area contributed by atoms with Gasteiger partial charge in [0.2, 0.25) is 0 Å². The molecule has 128 valence electrons. The van der Waals surface area contributed by atoms with Gasteiger partial charge in [0.05, 0.1) is 14.2 Å². The number of nitrogens with zero attached hydrogens (tertiary/aromatic N) is 1. The molecule has 0 aliphatic rings. The van der Waals surface area contributed by atoms with Gasteiger partial charge in [0.15, 0.2) is 0 Å². The van der Waals surface area contributed by atoms with E-state index in [0.29, 0.717) is 17.1 Å². The maximum atomic E-state index is 12.1. The number of carbonyl (C=O) groups excluding carboxylic acids is 1. The van der Waals surface area contributed by atoms with Crippen LogP contribution < -0.4 is 20.3 Å². The van der Waals surface area contributed by atoms with Gasteiger partial charge in [-0.05, 0) is 24.3 Å². The molecule has 0 aliphatic carbocycles. The molecular weight excluding hydrogens is 312 g/mol. The molecular formula is C17H20N2O5. The van der Waals surface area contributed by atoms with Crippen LogP contribution in [0.2, 0.25) is 0 Å². The predicted octanol–water partition coefficient (Wildman–Crippen LogP) is 0.866. The van der Waals surface area contributed by atoms with E-state index in [0.717, 1.165) is 0 Å². The van der Waals surface area contributed by atoms with Crippen LogP contribution in [0.15, 0.2) is 41.3 Å². The normalized spacial score (nSPS) is 11.7. The number of methoxy groups -OCH3 is 2. The minimum absolute atomic E-state index is 0.0302. The molecule has 2 aromatic rings. The number of ether oxygens (including phenoxy) is 2. The highest BCUT2D eigenvalue weighted by Crippen LogP contribution is 2.29. The molecule has 0 fully saturated rings. The topological polar surface area (TPSA) is 89.8 Å². The minimum Gasteiger partial charge on any atom is -0.497 e. The van der Waals surface area contributed by atoms with Crippen molar-refractivity contribution >= 4 is 5.91 Å². The van der Waals surface area contributed by atoms with Gasteiger partial charge in [0.25, 0.3) is 11.5 Å². The zero-order chi connectivity index (χ0) is 17.7. The lowest BCUT2D eigenvalue weighted by Gasteiger charge is -2.16. The first kappa shape index (κ1) is 17.6. The Balaban J connectivity index is 2.09. The summed E-state index contributed by atoms with van der Waals surface area (Å²) in [4.78, 5) is 23.7. The average molecular weight is 332 g/mol. The average Bonchev–Trinajstić information content (AvgIpc) is 2.60. The summed E-state index contributed by atoms with van der Waals surface area (Å²) in [6.45, 7) is -0.0302. The molecule has 2 rings (SSSR count). The van der Waals surface area contributed by atoms with Crippen molar-refractivity contribution in [3.63, 3.8) is 0 Å². The van der Waals surface area contributed by atoms with E-state index in [1.807, 2.05) is 0 Å². The van der Waals surface area contributed by atoms with Gasteiger partial charge in [-0.15, -0.1) is 0 Å². The van der Waals surface area contributed by atoms with Crippen LogP contribution in [-0.2, 0) is 7.05 Å². The van der Waals surface area contributed by atoms with Crippen LogP contribution in [-0.4, -0.2) is 36.3 Å². The fourth-order valence-corrected chi connectivity index (χ4v) is 2.19. The Labute approximate surface area is 139 Å². The predicted molar refractivity (Wildman–Crippen MR) is 88.5 cm³/mol. The van der Waals surface area contributed by atoms with Crippen LogP contribution in [0.3, 0.4) is 0 Å². The zero-order valence-corrected chi connectivity index (χ0v) is 13.8. The fraction of sp³-hybridized carbons (Fsp3) is 0.294. The quantitative estimate of drug-likeness (QED) is 0.819. The lowest BCUT2D eigenvalue weighted by Crippen LogP contribution is -2.30. The van der Waals surface area contributed by atoms with E-state index in [9.17, 15) is 14.7 Å². The lowest BCUT2D eigenvalue weighted by molar-refractivity contribution is 0.0914. The van der Waals surface area contributed by atoms with Crippen LogP contribution in [0.5, 0.6) is 11.5 Å². The van der Waals surface area contributed by atoms with E-state index in [1.165, 1.54) is 37.1 Å². The Morgan fingerprint density at radius 2 is 2.00 bits per heavy atom. The Hall–Kier alpha value is -2.80. The number of amides is 1. The van der Waals surface area contributed by atoms with Gasteiger partial charge in [-0.3, -0.25) is 9.59 Å². The highest BCUT2D eigenvalue weighted by atomic mass is 16.5. The van der Waals surface area contributed by atoms with Crippen molar-refractivity contribution in [3.05, 3.63) is 58.0 Å². The molecule has 0 saturated heterocycles. The molecule has 7 nitrogen and oxygen atoms in total. The summed E-state index contributed by atoms with van der Waals surface area (Å²) in [6, 6.07) is 7.82. The first-order valence-electron chi connectivity index (χ1n) is 7.31. The van der Waals surface area contributed by atoms with Gasteiger partial charge in [0.1, 0.15) is 17.6 Å². The second-order valence-corrected chi connectivity index (χ2v) is 5.20. The first-order valence-corrected chi connectivity index (χ1v) is 7.31. The fourth-order valence-electron chi connectivity index (χ4n) is 2.19. The molecule has 1 unspecified atom stereocenters. The van der Waals surface area contributed by atoms with Crippen molar-refractivity contribution in [3.8, 4) is 11.5 Å². The van der Waals surface area contributed by atoms with Gasteiger partial charge >= 0.3 is 0 Å². The van der Waals surface area contributed by atoms with Crippen molar-refractivity contribution in [2.75, 3.05) is 20.8 Å². The van der Waals surface area contributed by atoms with Crippen molar-refractivity contribution in [2.45, 2.75) is 6.10 Å². The molecule has 24 heavy (non-hydrogen) atoms. The number of hydrogen-bond donors (Lipinski definition) is 2. The summed E-state index contributed by atoms with van der Waals surface area (Å²) in [7, 11) is 4.62. The third kappa shape index (κ3) is 3.94. The van der Waals surface area contributed by atoms with Crippen LogP contribution >= 0.6 is 0 Å². The van der Waals surface area contributed by atoms with Gasteiger partial charge in [0, 0.05) is 37.0 Å². The molecule has 1 aromatic carbocycles. The number of hydrogen-bond acceptors (Lipinski definition) is 5. The Bertz CT molecular complexity index is 785. The Morgan fingerprint density at radius 1 is 1.25 bits per heavy atom. The maximum Gasteiger partial charge on any atom is 0.251 e. The number of nitrogens with one attached hydrogen (secondary N) is 1. The lowest BCUT2D eigenvalue weighted by atomic mass is 10.1. The maximum absolute atomic E-state index is 12.1. The summed E-state index contributed by atoms with van der Waals surface area (Å²) < 4.78 is 11.7. The summed E-state index contributed by atoms with van der Waals surface area (Å²) in [5.74, 6) is 0.627. The van der Waals surface area contributed by atoms with Gasteiger partial charge in [-0.2, -0.15) is 0 Å². The van der Waals surface area contributed by atoms with Crippen LogP contribution in [0, 0.1) is 0 Å². The molecule has 7 heteroatoms. The molecule has 1 amide bonds. The van der Waals surface area contributed by atoms with Crippen molar-refractivity contribution < 1.29 is 19.4 Å². The van der Waals surface area contributed by atoms with E-state index in [4.69, 9.17) is 9.47 Å². The largest absolute Gasteiger partial charge is 0.497 e.